The van der Waals surface area contributed by atoms with Crippen LogP contribution in [0.3, 0.4) is 0 Å². The van der Waals surface area contributed by atoms with E-state index in [-0.39, 0.29) is 12.5 Å². The highest BCUT2D eigenvalue weighted by Gasteiger charge is 2.26. The molecule has 0 unspecified atom stereocenters. The third-order valence-electron chi connectivity index (χ3n) is 4.41. The smallest absolute Gasteiger partial charge is 0.350 e. The summed E-state index contributed by atoms with van der Waals surface area (Å²) in [5, 5.41) is 0.667. The largest absolute Gasteiger partial charge is 0.451 e. The summed E-state index contributed by atoms with van der Waals surface area (Å²) < 4.78 is 5.26. The van der Waals surface area contributed by atoms with Crippen LogP contribution in [0.25, 0.3) is 10.7 Å². The highest BCUT2D eigenvalue weighted by Crippen LogP contribution is 2.27. The molecule has 2 atom stereocenters. The lowest BCUT2D eigenvalue weighted by molar-refractivity contribution is -0.137. The van der Waals surface area contributed by atoms with E-state index >= 15 is 0 Å². The number of carbonyl (C=O) groups is 2. The van der Waals surface area contributed by atoms with Crippen LogP contribution in [0.2, 0.25) is 0 Å². The van der Waals surface area contributed by atoms with Crippen LogP contribution < -0.4 is 0 Å². The van der Waals surface area contributed by atoms with Crippen molar-refractivity contribution >= 4 is 23.2 Å². The molecule has 0 bridgehead atoms. The second kappa shape index (κ2) is 7.95. The molecular weight excluding hydrogens is 350 g/mol. The van der Waals surface area contributed by atoms with Gasteiger partial charge in [0.1, 0.15) is 9.88 Å². The Bertz CT molecular complexity index is 781. The van der Waals surface area contributed by atoms with Gasteiger partial charge in [0.25, 0.3) is 5.91 Å². The minimum absolute atomic E-state index is 0.135. The van der Waals surface area contributed by atoms with E-state index in [4.69, 9.17) is 4.74 Å². The molecule has 3 heterocycles. The number of thiazole rings is 1. The number of ether oxygens (including phenoxy) is 1. The van der Waals surface area contributed by atoms with E-state index in [2.05, 4.69) is 23.8 Å². The predicted octanol–water partition coefficient (Wildman–Crippen LogP) is 3.17. The molecule has 7 heteroatoms. The highest BCUT2D eigenvalue weighted by molar-refractivity contribution is 7.17. The molecule has 2 aromatic heterocycles. The van der Waals surface area contributed by atoms with E-state index in [0.717, 1.165) is 19.5 Å². The summed E-state index contributed by atoms with van der Waals surface area (Å²) in [6.45, 7) is 7.27. The molecule has 6 nitrogen and oxygen atoms in total. The van der Waals surface area contributed by atoms with E-state index in [0.29, 0.717) is 33.1 Å². The van der Waals surface area contributed by atoms with E-state index in [1.165, 1.54) is 11.3 Å². The standard InChI is InChI=1S/C19H23N3O3S/c1-12-8-13(2)10-22(9-12)16(23)11-25-19(24)17-14(3)21-18(26-17)15-6-4-5-7-20-15/h4-7,12-13H,8-11H2,1-3H3/t12-,13-/m1/s1. The van der Waals surface area contributed by atoms with Crippen molar-refractivity contribution in [3.63, 3.8) is 0 Å². The molecular formula is C19H23N3O3S. The Morgan fingerprint density at radius 3 is 2.65 bits per heavy atom. The van der Waals surface area contributed by atoms with Crippen LogP contribution in [0.15, 0.2) is 24.4 Å². The number of piperidine rings is 1. The maximum Gasteiger partial charge on any atom is 0.350 e. The van der Waals surface area contributed by atoms with Gasteiger partial charge in [-0.3, -0.25) is 9.78 Å². The highest BCUT2D eigenvalue weighted by atomic mass is 32.1. The topological polar surface area (TPSA) is 72.4 Å². The van der Waals surface area contributed by atoms with Gasteiger partial charge in [0.15, 0.2) is 6.61 Å². The van der Waals surface area contributed by atoms with Crippen molar-refractivity contribution in [2.75, 3.05) is 19.7 Å². The molecule has 138 valence electrons. The van der Waals surface area contributed by atoms with Crippen molar-refractivity contribution < 1.29 is 14.3 Å². The first-order valence-electron chi connectivity index (χ1n) is 8.77. The first-order valence-corrected chi connectivity index (χ1v) is 9.59. The van der Waals surface area contributed by atoms with Crippen LogP contribution in [0, 0.1) is 18.8 Å². The fraction of sp³-hybridized carbons (Fsp3) is 0.474. The molecule has 3 rings (SSSR count). The molecule has 0 radical (unpaired) electrons. The molecule has 0 aromatic carbocycles. The Balaban J connectivity index is 1.62. The van der Waals surface area contributed by atoms with Crippen LogP contribution in [-0.2, 0) is 9.53 Å². The lowest BCUT2D eigenvalue weighted by Gasteiger charge is -2.34. The van der Waals surface area contributed by atoms with Crippen molar-refractivity contribution in [2.24, 2.45) is 11.8 Å². The average molecular weight is 373 g/mol. The number of rotatable bonds is 4. The third kappa shape index (κ3) is 4.27. The first-order chi connectivity index (χ1) is 12.4. The van der Waals surface area contributed by atoms with Gasteiger partial charge in [-0.25, -0.2) is 9.78 Å². The summed E-state index contributed by atoms with van der Waals surface area (Å²) in [6, 6.07) is 5.54. The maximum absolute atomic E-state index is 12.4. The SMILES string of the molecule is Cc1nc(-c2ccccn2)sc1C(=O)OCC(=O)N1C[C@H](C)C[C@@H](C)C1. The summed E-state index contributed by atoms with van der Waals surface area (Å²) in [5.41, 5.74) is 1.31. The summed E-state index contributed by atoms with van der Waals surface area (Å²) in [6.07, 6.45) is 2.81. The molecule has 0 saturated carbocycles. The van der Waals surface area contributed by atoms with Crippen molar-refractivity contribution in [1.29, 1.82) is 0 Å². The monoisotopic (exact) mass is 373 g/mol. The number of esters is 1. The number of nitrogens with zero attached hydrogens (tertiary/aromatic N) is 3. The van der Waals surface area contributed by atoms with E-state index < -0.39 is 5.97 Å². The van der Waals surface area contributed by atoms with Gasteiger partial charge in [0.05, 0.1) is 11.4 Å². The van der Waals surface area contributed by atoms with Gasteiger partial charge in [0, 0.05) is 19.3 Å². The minimum Gasteiger partial charge on any atom is -0.451 e. The maximum atomic E-state index is 12.4. The summed E-state index contributed by atoms with van der Waals surface area (Å²) in [4.78, 5) is 35.6. The quantitative estimate of drug-likeness (QED) is 0.770. The molecule has 2 aromatic rings. The number of pyridine rings is 1. The van der Waals surface area contributed by atoms with Gasteiger partial charge in [-0.1, -0.05) is 19.9 Å². The lowest BCUT2D eigenvalue weighted by atomic mass is 9.92. The van der Waals surface area contributed by atoms with Gasteiger partial charge in [0.2, 0.25) is 0 Å². The zero-order valence-electron chi connectivity index (χ0n) is 15.3. The molecule has 1 fully saturated rings. The molecule has 0 aliphatic carbocycles. The lowest BCUT2D eigenvalue weighted by Crippen LogP contribution is -2.44. The average Bonchev–Trinajstić information content (AvgIpc) is 3.01. The summed E-state index contributed by atoms with van der Waals surface area (Å²) >= 11 is 1.24. The predicted molar refractivity (Wildman–Crippen MR) is 99.9 cm³/mol. The van der Waals surface area contributed by atoms with Crippen LogP contribution in [0.5, 0.6) is 0 Å². The number of aryl methyl sites for hydroxylation is 1. The van der Waals surface area contributed by atoms with Crippen LogP contribution in [-0.4, -0.2) is 46.4 Å². The van der Waals surface area contributed by atoms with Crippen molar-refractivity contribution in [3.05, 3.63) is 35.0 Å². The van der Waals surface area contributed by atoms with Gasteiger partial charge in [-0.15, -0.1) is 11.3 Å². The number of aromatic nitrogens is 2. The fourth-order valence-electron chi connectivity index (χ4n) is 3.34. The number of amides is 1. The first kappa shape index (κ1) is 18.5. The zero-order chi connectivity index (χ0) is 18.7. The van der Waals surface area contributed by atoms with Gasteiger partial charge < -0.3 is 9.64 Å². The molecule has 26 heavy (non-hydrogen) atoms. The van der Waals surface area contributed by atoms with Crippen molar-refractivity contribution in [3.8, 4) is 10.7 Å². The number of likely N-dealkylation sites (tertiary alicyclic amines) is 1. The van der Waals surface area contributed by atoms with Crippen LogP contribution >= 0.6 is 11.3 Å². The summed E-state index contributed by atoms with van der Waals surface area (Å²) in [7, 11) is 0. The van der Waals surface area contributed by atoms with E-state index in [1.807, 2.05) is 18.2 Å². The molecule has 0 N–H and O–H groups in total. The minimum atomic E-state index is -0.506. The Hall–Kier alpha value is -2.28. The molecule has 1 aliphatic rings. The Kier molecular flexibility index (Phi) is 5.66. The number of carbonyl (C=O) groups excluding carboxylic acids is 2. The number of hydrogen-bond acceptors (Lipinski definition) is 6. The number of hydrogen-bond donors (Lipinski definition) is 0. The second-order valence-corrected chi connectivity index (χ2v) is 7.97. The van der Waals surface area contributed by atoms with Crippen LogP contribution in [0.1, 0.15) is 35.6 Å². The van der Waals surface area contributed by atoms with Gasteiger partial charge >= 0.3 is 5.97 Å². The Morgan fingerprint density at radius 1 is 1.27 bits per heavy atom. The van der Waals surface area contributed by atoms with Gasteiger partial charge in [-0.05, 0) is 37.3 Å². The third-order valence-corrected chi connectivity index (χ3v) is 5.57. The Morgan fingerprint density at radius 2 is 2.00 bits per heavy atom. The molecule has 0 spiro atoms. The molecule has 1 aliphatic heterocycles. The van der Waals surface area contributed by atoms with E-state index in [9.17, 15) is 9.59 Å². The molecule has 1 amide bonds. The van der Waals surface area contributed by atoms with E-state index in [1.54, 1.807) is 18.0 Å². The normalized spacial score (nSPS) is 20.0. The van der Waals surface area contributed by atoms with Crippen molar-refractivity contribution in [2.45, 2.75) is 27.2 Å². The van der Waals surface area contributed by atoms with Gasteiger partial charge in [-0.2, -0.15) is 0 Å². The second-order valence-electron chi connectivity index (χ2n) is 6.97. The van der Waals surface area contributed by atoms with Crippen LogP contribution in [0.4, 0.5) is 0 Å². The van der Waals surface area contributed by atoms with Crippen molar-refractivity contribution in [1.82, 2.24) is 14.9 Å². The fourth-order valence-corrected chi connectivity index (χ4v) is 4.27. The zero-order valence-corrected chi connectivity index (χ0v) is 16.1. The summed E-state index contributed by atoms with van der Waals surface area (Å²) in [5.74, 6) is 0.309. The Labute approximate surface area is 157 Å². The molecule has 1 saturated heterocycles.